The Hall–Kier alpha value is -0.686. The molecule has 0 aliphatic heterocycles. The summed E-state index contributed by atoms with van der Waals surface area (Å²) in [6, 6.07) is 20.3. The Morgan fingerprint density at radius 2 is 1.00 bits per heavy atom. The van der Waals surface area contributed by atoms with Gasteiger partial charge in [-0.3, -0.25) is 0 Å². The first-order valence-electron chi connectivity index (χ1n) is 4.56. The number of benzene rings is 2. The zero-order chi connectivity index (χ0) is 11.6. The molecule has 0 atom stereocenters. The predicted molar refractivity (Wildman–Crippen MR) is 67.9 cm³/mol. The maximum atomic E-state index is 4.70. The number of hydrogen-bond donors (Lipinski definition) is 1. The molecular weight excluding hydrogens is 288 g/mol. The van der Waals surface area contributed by atoms with Gasteiger partial charge in [-0.15, -0.1) is 0 Å². The Labute approximate surface area is 110 Å². The van der Waals surface area contributed by atoms with Crippen LogP contribution >= 0.6 is 20.4 Å². The predicted octanol–water partition coefficient (Wildman–Crippen LogP) is 4.81. The van der Waals surface area contributed by atoms with Crippen molar-refractivity contribution in [2.45, 2.75) is 0 Å². The summed E-state index contributed by atoms with van der Waals surface area (Å²) in [6.45, 7) is 0. The Kier molecular flexibility index (Phi) is 7.08. The van der Waals surface area contributed by atoms with E-state index in [1.807, 2.05) is 60.7 Å². The van der Waals surface area contributed by atoms with E-state index in [2.05, 4.69) is 5.32 Å². The van der Waals surface area contributed by atoms with Gasteiger partial charge in [0.1, 0.15) is 0 Å². The molecule has 0 aliphatic carbocycles. The summed E-state index contributed by atoms with van der Waals surface area (Å²) in [5, 5.41) is 3.30. The fourth-order valence-corrected chi connectivity index (χ4v) is 1.21. The Balaban J connectivity index is 0.000000386. The van der Waals surface area contributed by atoms with E-state index in [9.17, 15) is 0 Å². The number of halogens is 2. The number of para-hydroxylation sites is 2. The molecule has 0 fully saturated rings. The fourth-order valence-electron chi connectivity index (χ4n) is 1.21. The minimum atomic E-state index is 0.569. The van der Waals surface area contributed by atoms with Gasteiger partial charge in [0.05, 0.1) is 0 Å². The Bertz CT molecular complexity index is 343. The summed E-state index contributed by atoms with van der Waals surface area (Å²) in [4.78, 5) is 0. The maximum Gasteiger partial charge on any atom is 0.0384 e. The molecule has 0 aromatic heterocycles. The van der Waals surface area contributed by atoms with Gasteiger partial charge in [0.15, 0.2) is 0 Å². The van der Waals surface area contributed by atoms with Gasteiger partial charge < -0.3 is 5.32 Å². The van der Waals surface area contributed by atoms with E-state index in [1.54, 1.807) is 0 Å². The van der Waals surface area contributed by atoms with Crippen LogP contribution in [-0.4, -0.2) is 0 Å². The molecule has 1 nitrogen and oxygen atoms in total. The van der Waals surface area contributed by atoms with E-state index in [0.29, 0.717) is 12.7 Å². The molecule has 0 amide bonds. The van der Waals surface area contributed by atoms with E-state index < -0.39 is 0 Å². The second kappa shape index (κ2) is 8.46. The van der Waals surface area contributed by atoms with E-state index in [-0.39, 0.29) is 0 Å². The molecule has 2 aromatic rings. The first-order valence-corrected chi connectivity index (χ1v) is 7.28. The van der Waals surface area contributed by atoms with Crippen molar-refractivity contribution in [2.24, 2.45) is 0 Å². The first kappa shape index (κ1) is 13.4. The smallest absolute Gasteiger partial charge is 0.0384 e. The molecule has 0 heterocycles. The third kappa shape index (κ3) is 5.41. The largest absolute Gasteiger partial charge is 0.356 e. The molecule has 1 N–H and O–H groups in total. The van der Waals surface area contributed by atoms with Crippen molar-refractivity contribution in [1.82, 2.24) is 0 Å². The molecule has 0 spiro atoms. The quantitative estimate of drug-likeness (QED) is 0.785. The van der Waals surface area contributed by atoms with Crippen molar-refractivity contribution in [2.75, 3.05) is 5.32 Å². The number of nitrogens with one attached hydrogen (secondary N) is 1. The molecule has 88 valence electrons. The number of rotatable bonds is 2. The summed E-state index contributed by atoms with van der Waals surface area (Å²) in [7, 11) is 9.40. The zero-order valence-electron chi connectivity index (χ0n) is 8.35. The minimum Gasteiger partial charge on any atom is -0.356 e. The van der Waals surface area contributed by atoms with Crippen molar-refractivity contribution < 1.29 is 12.7 Å². The number of hydrogen-bond acceptors (Lipinski definition) is 1. The van der Waals surface area contributed by atoms with Crippen LogP contribution in [-0.2, 0) is 12.7 Å². The molecule has 16 heavy (non-hydrogen) atoms. The number of anilines is 2. The first-order chi connectivity index (χ1) is 7.86. The topological polar surface area (TPSA) is 12.0 Å². The van der Waals surface area contributed by atoms with Crippen molar-refractivity contribution in [1.29, 1.82) is 0 Å². The van der Waals surface area contributed by atoms with Crippen LogP contribution in [0.4, 0.5) is 11.4 Å². The van der Waals surface area contributed by atoms with E-state index >= 15 is 0 Å². The average molecular weight is 299 g/mol. The summed E-state index contributed by atoms with van der Waals surface area (Å²) >= 11 is 0.569. The zero-order valence-corrected chi connectivity index (χ0v) is 10.8. The van der Waals surface area contributed by atoms with Crippen molar-refractivity contribution in [3.05, 3.63) is 60.7 Å². The third-order valence-electron chi connectivity index (χ3n) is 1.84. The van der Waals surface area contributed by atoms with E-state index in [4.69, 9.17) is 20.4 Å². The molecule has 0 aliphatic rings. The molecule has 0 bridgehead atoms. The van der Waals surface area contributed by atoms with Gasteiger partial charge in [0.2, 0.25) is 0 Å². The van der Waals surface area contributed by atoms with Gasteiger partial charge in [-0.25, -0.2) is 0 Å². The second-order valence-corrected chi connectivity index (χ2v) is 4.53. The second-order valence-electron chi connectivity index (χ2n) is 2.90. The van der Waals surface area contributed by atoms with Crippen LogP contribution in [0.5, 0.6) is 0 Å². The van der Waals surface area contributed by atoms with Crippen LogP contribution in [0.1, 0.15) is 0 Å². The van der Waals surface area contributed by atoms with Gasteiger partial charge >= 0.3 is 33.0 Å². The molecule has 0 radical (unpaired) electrons. The molecule has 0 saturated heterocycles. The van der Waals surface area contributed by atoms with Gasteiger partial charge in [-0.1, -0.05) is 36.4 Å². The van der Waals surface area contributed by atoms with E-state index in [0.717, 1.165) is 11.4 Å². The third-order valence-corrected chi connectivity index (χ3v) is 1.84. The minimum absolute atomic E-state index is 0.569. The van der Waals surface area contributed by atoms with Crippen LogP contribution in [0.15, 0.2) is 60.7 Å². The van der Waals surface area contributed by atoms with Crippen LogP contribution in [0.2, 0.25) is 0 Å². The molecule has 2 aromatic carbocycles. The van der Waals surface area contributed by atoms with Gasteiger partial charge in [0.25, 0.3) is 0 Å². The monoisotopic (exact) mass is 297 g/mol. The summed E-state index contributed by atoms with van der Waals surface area (Å²) in [5.74, 6) is 0. The Morgan fingerprint density at radius 1 is 0.688 bits per heavy atom. The van der Waals surface area contributed by atoms with Crippen LogP contribution in [0.25, 0.3) is 0 Å². The molecule has 4 heteroatoms. The Morgan fingerprint density at radius 3 is 1.31 bits per heavy atom. The van der Waals surface area contributed by atoms with Gasteiger partial charge in [-0.2, -0.15) is 0 Å². The van der Waals surface area contributed by atoms with Crippen molar-refractivity contribution in [3.63, 3.8) is 0 Å². The SMILES string of the molecule is [Cl][Ni][Cl].c1ccc(Nc2ccccc2)cc1. The van der Waals surface area contributed by atoms with Crippen LogP contribution < -0.4 is 5.32 Å². The van der Waals surface area contributed by atoms with Crippen molar-refractivity contribution >= 4 is 31.8 Å². The maximum absolute atomic E-state index is 4.70. The summed E-state index contributed by atoms with van der Waals surface area (Å²) in [6.07, 6.45) is 0. The normalized spacial score (nSPS) is 9.12. The van der Waals surface area contributed by atoms with Crippen LogP contribution in [0, 0.1) is 0 Å². The molecular formula is C12H11Cl2NNi. The average Bonchev–Trinajstić information content (AvgIpc) is 2.33. The molecule has 0 unspecified atom stereocenters. The van der Waals surface area contributed by atoms with Gasteiger partial charge in [0, 0.05) is 11.4 Å². The van der Waals surface area contributed by atoms with E-state index in [1.165, 1.54) is 0 Å². The molecule has 0 saturated carbocycles. The summed E-state index contributed by atoms with van der Waals surface area (Å²) in [5.41, 5.74) is 2.24. The summed E-state index contributed by atoms with van der Waals surface area (Å²) < 4.78 is 0. The molecule has 2 rings (SSSR count). The van der Waals surface area contributed by atoms with Crippen LogP contribution in [0.3, 0.4) is 0 Å². The van der Waals surface area contributed by atoms with Gasteiger partial charge in [-0.05, 0) is 24.3 Å². The standard InChI is InChI=1S/C12H11N.2ClH.Ni/c1-3-7-11(8-4-1)13-12-9-5-2-6-10-12;;;/h1-10,13H;2*1H;/q;;;+2/p-2. The van der Waals surface area contributed by atoms with Crippen molar-refractivity contribution in [3.8, 4) is 0 Å². The fraction of sp³-hybridized carbons (Fsp3) is 0.